The van der Waals surface area contributed by atoms with Crippen molar-refractivity contribution in [2.24, 2.45) is 5.73 Å². The molecule has 0 spiro atoms. The molecule has 0 saturated heterocycles. The van der Waals surface area contributed by atoms with E-state index in [0.717, 1.165) is 11.1 Å². The van der Waals surface area contributed by atoms with Crippen LogP contribution in [0, 0.1) is 0 Å². The summed E-state index contributed by atoms with van der Waals surface area (Å²) in [7, 11) is 3.21. The highest BCUT2D eigenvalue weighted by molar-refractivity contribution is 5.43. The highest BCUT2D eigenvalue weighted by atomic mass is 16.5. The Hall–Kier alpha value is -2.73. The van der Waals surface area contributed by atoms with Crippen LogP contribution in [-0.2, 0) is 16.0 Å². The molecule has 6 nitrogen and oxygen atoms in total. The van der Waals surface area contributed by atoms with Crippen molar-refractivity contribution in [2.75, 3.05) is 27.4 Å². The number of carbonyl (C=O) groups is 1. The predicted octanol–water partition coefficient (Wildman–Crippen LogP) is 2.89. The van der Waals surface area contributed by atoms with Gasteiger partial charge in [-0.3, -0.25) is 4.79 Å². The maximum Gasteiger partial charge on any atom is 0.293 e. The van der Waals surface area contributed by atoms with Crippen LogP contribution >= 0.6 is 0 Å². The van der Waals surface area contributed by atoms with E-state index in [1.54, 1.807) is 14.2 Å². The van der Waals surface area contributed by atoms with Crippen LogP contribution in [0.5, 0.6) is 17.2 Å². The van der Waals surface area contributed by atoms with Crippen LogP contribution in [0.3, 0.4) is 0 Å². The molecule has 2 aromatic carbocycles. The van der Waals surface area contributed by atoms with Crippen molar-refractivity contribution in [3.63, 3.8) is 0 Å². The molecule has 0 fully saturated rings. The molecule has 2 rings (SSSR count). The summed E-state index contributed by atoms with van der Waals surface area (Å²) < 4.78 is 21.4. The lowest BCUT2D eigenvalue weighted by Gasteiger charge is -2.17. The van der Waals surface area contributed by atoms with Crippen LogP contribution in [0.25, 0.3) is 0 Å². The van der Waals surface area contributed by atoms with E-state index in [2.05, 4.69) is 0 Å². The average Bonchev–Trinajstić information content (AvgIpc) is 2.69. The van der Waals surface area contributed by atoms with Gasteiger partial charge in [0.25, 0.3) is 6.47 Å². The van der Waals surface area contributed by atoms with Crippen molar-refractivity contribution in [3.05, 3.63) is 53.6 Å². The lowest BCUT2D eigenvalue weighted by molar-refractivity contribution is -0.134. The zero-order valence-electron chi connectivity index (χ0n) is 15.1. The highest BCUT2D eigenvalue weighted by Gasteiger charge is 2.14. The second kappa shape index (κ2) is 10.3. The molecule has 6 heteroatoms. The molecule has 0 aliphatic carbocycles. The fraction of sp³-hybridized carbons (Fsp3) is 0.350. The van der Waals surface area contributed by atoms with Gasteiger partial charge >= 0.3 is 0 Å². The summed E-state index contributed by atoms with van der Waals surface area (Å²) in [6.45, 7) is 1.36. The van der Waals surface area contributed by atoms with Crippen molar-refractivity contribution in [3.8, 4) is 17.2 Å². The molecule has 0 bridgehead atoms. The maximum absolute atomic E-state index is 10.9. The average molecular weight is 359 g/mol. The standard InChI is InChI=1S/C20H25NO5/c1-23-19-9-7-15(12-20(19)24-2)6-8-18(26-14-22)16-4-3-5-17(13-16)25-11-10-21/h3-5,7,9,12-14,18H,6,8,10-11,21H2,1-2H3. The number of rotatable bonds is 11. The molecule has 0 amide bonds. The number of aryl methyl sites for hydroxylation is 1. The number of hydrogen-bond acceptors (Lipinski definition) is 6. The topological polar surface area (TPSA) is 80.0 Å². The summed E-state index contributed by atoms with van der Waals surface area (Å²) in [5.74, 6) is 2.07. The summed E-state index contributed by atoms with van der Waals surface area (Å²) in [6, 6.07) is 13.3. The second-order valence-electron chi connectivity index (χ2n) is 5.66. The van der Waals surface area contributed by atoms with Crippen molar-refractivity contribution in [1.29, 1.82) is 0 Å². The van der Waals surface area contributed by atoms with Gasteiger partial charge in [0, 0.05) is 6.54 Å². The van der Waals surface area contributed by atoms with Crippen molar-refractivity contribution in [1.82, 2.24) is 0 Å². The zero-order chi connectivity index (χ0) is 18.8. The molecule has 1 unspecified atom stereocenters. The molecule has 0 radical (unpaired) electrons. The molecular weight excluding hydrogens is 334 g/mol. The number of nitrogens with two attached hydrogens (primary N) is 1. The van der Waals surface area contributed by atoms with Gasteiger partial charge in [0.05, 0.1) is 14.2 Å². The van der Waals surface area contributed by atoms with Gasteiger partial charge in [-0.1, -0.05) is 18.2 Å². The summed E-state index contributed by atoms with van der Waals surface area (Å²) in [5, 5.41) is 0. The van der Waals surface area contributed by atoms with Gasteiger partial charge in [0.2, 0.25) is 0 Å². The van der Waals surface area contributed by atoms with Crippen LogP contribution in [-0.4, -0.2) is 33.8 Å². The molecular formula is C20H25NO5. The first-order valence-electron chi connectivity index (χ1n) is 8.44. The summed E-state index contributed by atoms with van der Waals surface area (Å²) >= 11 is 0. The van der Waals surface area contributed by atoms with E-state index in [1.165, 1.54) is 0 Å². The van der Waals surface area contributed by atoms with Crippen molar-refractivity contribution in [2.45, 2.75) is 18.9 Å². The van der Waals surface area contributed by atoms with Gasteiger partial charge in [-0.15, -0.1) is 0 Å². The van der Waals surface area contributed by atoms with E-state index in [1.807, 2.05) is 42.5 Å². The zero-order valence-corrected chi connectivity index (χ0v) is 15.1. The molecule has 0 saturated carbocycles. The Morgan fingerprint density at radius 1 is 1.08 bits per heavy atom. The summed E-state index contributed by atoms with van der Waals surface area (Å²) in [4.78, 5) is 10.9. The van der Waals surface area contributed by atoms with E-state index in [4.69, 9.17) is 24.7 Å². The van der Waals surface area contributed by atoms with Crippen molar-refractivity contribution < 1.29 is 23.7 Å². The largest absolute Gasteiger partial charge is 0.493 e. The first-order chi connectivity index (χ1) is 12.7. The first-order valence-corrected chi connectivity index (χ1v) is 8.44. The number of ether oxygens (including phenoxy) is 4. The Labute approximate surface area is 153 Å². The van der Waals surface area contributed by atoms with E-state index in [-0.39, 0.29) is 6.10 Å². The SMILES string of the molecule is COc1ccc(CCC(OC=O)c2cccc(OCCN)c2)cc1OC. The lowest BCUT2D eigenvalue weighted by atomic mass is 10.0. The Balaban J connectivity index is 2.10. The van der Waals surface area contributed by atoms with Crippen LogP contribution in [0.2, 0.25) is 0 Å². The van der Waals surface area contributed by atoms with Crippen LogP contribution in [0.4, 0.5) is 0 Å². The van der Waals surface area contributed by atoms with Crippen LogP contribution in [0.15, 0.2) is 42.5 Å². The second-order valence-corrected chi connectivity index (χ2v) is 5.66. The third kappa shape index (κ3) is 5.39. The summed E-state index contributed by atoms with van der Waals surface area (Å²) in [5.41, 5.74) is 7.41. The monoisotopic (exact) mass is 359 g/mol. The van der Waals surface area contributed by atoms with Gasteiger partial charge in [0.15, 0.2) is 11.5 Å². The quantitative estimate of drug-likeness (QED) is 0.622. The molecule has 0 aromatic heterocycles. The Morgan fingerprint density at radius 3 is 2.58 bits per heavy atom. The molecule has 0 aliphatic heterocycles. The molecule has 0 heterocycles. The fourth-order valence-corrected chi connectivity index (χ4v) is 2.70. The number of hydrogen-bond donors (Lipinski definition) is 1. The van der Waals surface area contributed by atoms with Gasteiger partial charge in [-0.25, -0.2) is 0 Å². The van der Waals surface area contributed by atoms with Gasteiger partial charge in [-0.05, 0) is 48.2 Å². The molecule has 26 heavy (non-hydrogen) atoms. The minimum absolute atomic E-state index is 0.359. The van der Waals surface area contributed by atoms with Crippen molar-refractivity contribution >= 4 is 6.47 Å². The number of methoxy groups -OCH3 is 2. The molecule has 2 aromatic rings. The predicted molar refractivity (Wildman–Crippen MR) is 98.7 cm³/mol. The normalized spacial score (nSPS) is 11.5. The number of carbonyl (C=O) groups excluding carboxylic acids is 1. The molecule has 0 aliphatic rings. The molecule has 140 valence electrons. The van der Waals surface area contributed by atoms with E-state index in [0.29, 0.717) is 49.7 Å². The molecule has 2 N–H and O–H groups in total. The highest BCUT2D eigenvalue weighted by Crippen LogP contribution is 2.30. The Kier molecular flexibility index (Phi) is 7.76. The van der Waals surface area contributed by atoms with Crippen LogP contribution < -0.4 is 19.9 Å². The minimum Gasteiger partial charge on any atom is -0.493 e. The van der Waals surface area contributed by atoms with Gasteiger partial charge < -0.3 is 24.7 Å². The Bertz CT molecular complexity index is 704. The first kappa shape index (κ1) is 19.6. The fourth-order valence-electron chi connectivity index (χ4n) is 2.70. The minimum atomic E-state index is -0.359. The summed E-state index contributed by atoms with van der Waals surface area (Å²) in [6.07, 6.45) is 0.989. The smallest absolute Gasteiger partial charge is 0.293 e. The lowest BCUT2D eigenvalue weighted by Crippen LogP contribution is -2.11. The Morgan fingerprint density at radius 2 is 1.88 bits per heavy atom. The van der Waals surface area contributed by atoms with E-state index < -0.39 is 0 Å². The van der Waals surface area contributed by atoms with Crippen LogP contribution in [0.1, 0.15) is 23.7 Å². The van der Waals surface area contributed by atoms with Gasteiger partial charge in [-0.2, -0.15) is 0 Å². The molecule has 1 atom stereocenters. The van der Waals surface area contributed by atoms with E-state index in [9.17, 15) is 4.79 Å². The van der Waals surface area contributed by atoms with E-state index >= 15 is 0 Å². The third-order valence-corrected chi connectivity index (χ3v) is 3.98. The maximum atomic E-state index is 10.9. The third-order valence-electron chi connectivity index (χ3n) is 3.98. The van der Waals surface area contributed by atoms with Gasteiger partial charge in [0.1, 0.15) is 18.5 Å². The number of benzene rings is 2.